The summed E-state index contributed by atoms with van der Waals surface area (Å²) in [6.45, 7) is 4.49. The van der Waals surface area contributed by atoms with Crippen molar-refractivity contribution in [2.45, 2.75) is 44.6 Å². The zero-order valence-electron chi connectivity index (χ0n) is 15.0. The smallest absolute Gasteiger partial charge is 0.323 e. The molecule has 5 nitrogen and oxygen atoms in total. The van der Waals surface area contributed by atoms with Crippen molar-refractivity contribution in [1.29, 1.82) is 0 Å². The van der Waals surface area contributed by atoms with Gasteiger partial charge in [0.1, 0.15) is 5.54 Å². The molecule has 2 heterocycles. The number of hydrogen-bond donors (Lipinski definition) is 2. The maximum Gasteiger partial charge on any atom is 0.329 e. The third kappa shape index (κ3) is 3.30. The van der Waals surface area contributed by atoms with Crippen LogP contribution < -0.4 is 10.2 Å². The highest BCUT2D eigenvalue weighted by Gasteiger charge is 2.56. The lowest BCUT2D eigenvalue weighted by molar-refractivity contribution is -0.913. The Hall–Kier alpha value is -1.88. The highest BCUT2D eigenvalue weighted by Crippen LogP contribution is 2.42. The van der Waals surface area contributed by atoms with Crippen LogP contribution in [0.1, 0.15) is 38.2 Å². The first-order valence-electron chi connectivity index (χ1n) is 9.58. The molecule has 2 N–H and O–H groups in total. The van der Waals surface area contributed by atoms with E-state index in [0.29, 0.717) is 18.5 Å². The van der Waals surface area contributed by atoms with Crippen LogP contribution in [-0.4, -0.2) is 42.1 Å². The number of nitrogens with one attached hydrogen (secondary N) is 2. The van der Waals surface area contributed by atoms with E-state index in [-0.39, 0.29) is 11.9 Å². The molecule has 4 rings (SSSR count). The number of carbonyl (C=O) groups is 2. The second-order valence-electron chi connectivity index (χ2n) is 8.18. The predicted molar refractivity (Wildman–Crippen MR) is 94.9 cm³/mol. The fraction of sp³-hybridized carbons (Fsp3) is 0.600. The lowest BCUT2D eigenvalue weighted by Crippen LogP contribution is -3.14. The second-order valence-corrected chi connectivity index (χ2v) is 8.18. The number of quaternary nitrogens is 1. The Balaban J connectivity index is 1.30. The molecule has 0 bridgehead atoms. The van der Waals surface area contributed by atoms with Crippen LogP contribution in [0.15, 0.2) is 30.3 Å². The van der Waals surface area contributed by atoms with Gasteiger partial charge in [0.15, 0.2) is 6.67 Å². The largest absolute Gasteiger partial charge is 0.329 e. The summed E-state index contributed by atoms with van der Waals surface area (Å²) < 4.78 is 0. The molecule has 1 atom stereocenters. The lowest BCUT2D eigenvalue weighted by atomic mass is 9.90. The van der Waals surface area contributed by atoms with E-state index in [1.807, 2.05) is 6.92 Å². The van der Waals surface area contributed by atoms with Gasteiger partial charge < -0.3 is 10.2 Å². The number of hydrogen-bond acceptors (Lipinski definition) is 2. The van der Waals surface area contributed by atoms with E-state index in [1.54, 1.807) is 0 Å². The Morgan fingerprint density at radius 2 is 1.80 bits per heavy atom. The van der Waals surface area contributed by atoms with E-state index >= 15 is 0 Å². The van der Waals surface area contributed by atoms with Gasteiger partial charge in [-0.05, 0) is 56.4 Å². The summed E-state index contributed by atoms with van der Waals surface area (Å²) in [6.07, 6.45) is 5.56. The van der Waals surface area contributed by atoms with Crippen LogP contribution in [0.25, 0.3) is 0 Å². The molecule has 1 aromatic carbocycles. The van der Waals surface area contributed by atoms with Crippen molar-refractivity contribution in [1.82, 2.24) is 10.2 Å². The molecule has 1 aromatic rings. The number of imide groups is 1. The van der Waals surface area contributed by atoms with Gasteiger partial charge >= 0.3 is 6.03 Å². The molecule has 0 aromatic heterocycles. The summed E-state index contributed by atoms with van der Waals surface area (Å²) in [5.74, 6) is 1.03. The maximum absolute atomic E-state index is 12.7. The van der Waals surface area contributed by atoms with Crippen LogP contribution >= 0.6 is 0 Å². The first-order chi connectivity index (χ1) is 12.1. The number of carbonyl (C=O) groups excluding carboxylic acids is 2. The Morgan fingerprint density at radius 1 is 1.12 bits per heavy atom. The summed E-state index contributed by atoms with van der Waals surface area (Å²) in [5.41, 5.74) is 0.757. The first kappa shape index (κ1) is 16.6. The average molecular weight is 342 g/mol. The molecule has 134 valence electrons. The number of likely N-dealkylation sites (tertiary alicyclic amines) is 1. The van der Waals surface area contributed by atoms with Gasteiger partial charge in [-0.1, -0.05) is 30.3 Å². The third-order valence-corrected chi connectivity index (χ3v) is 6.26. The van der Waals surface area contributed by atoms with Gasteiger partial charge in [0.2, 0.25) is 0 Å². The Kier molecular flexibility index (Phi) is 4.28. The molecule has 2 aliphatic heterocycles. The summed E-state index contributed by atoms with van der Waals surface area (Å²) in [4.78, 5) is 27.8. The van der Waals surface area contributed by atoms with Crippen LogP contribution in [0.4, 0.5) is 4.79 Å². The topological polar surface area (TPSA) is 53.9 Å². The van der Waals surface area contributed by atoms with E-state index in [4.69, 9.17) is 0 Å². The second kappa shape index (κ2) is 6.45. The minimum absolute atomic E-state index is 0.0149. The van der Waals surface area contributed by atoms with Gasteiger partial charge in [-0.15, -0.1) is 0 Å². The fourth-order valence-corrected chi connectivity index (χ4v) is 4.42. The average Bonchev–Trinajstić information content (AvgIpc) is 3.44. The van der Waals surface area contributed by atoms with Crippen LogP contribution in [0.3, 0.4) is 0 Å². The fourth-order valence-electron chi connectivity index (χ4n) is 4.42. The van der Waals surface area contributed by atoms with Crippen LogP contribution in [0, 0.1) is 11.8 Å². The molecule has 0 unspecified atom stereocenters. The SMILES string of the molecule is C[C@@]1(C2CC2)NC(=O)N(C[NH+]2CCC(Cc3ccccc3)CC2)C1=O. The monoisotopic (exact) mass is 342 g/mol. The number of amides is 3. The van der Waals surface area contributed by atoms with Crippen molar-refractivity contribution in [3.05, 3.63) is 35.9 Å². The Labute approximate surface area is 149 Å². The van der Waals surface area contributed by atoms with E-state index in [1.165, 1.54) is 15.4 Å². The standard InChI is InChI=1S/C20H27N3O2/c1-20(17-7-8-17)18(24)23(19(25)21-20)14-22-11-9-16(10-12-22)13-15-5-3-2-4-6-15/h2-6,16-17H,7-14H2,1H3,(H,21,25)/p+1/t20-/m0/s1. The minimum Gasteiger partial charge on any atom is -0.323 e. The number of rotatable bonds is 5. The quantitative estimate of drug-likeness (QED) is 0.790. The highest BCUT2D eigenvalue weighted by atomic mass is 16.2. The lowest BCUT2D eigenvalue weighted by Gasteiger charge is -2.31. The van der Waals surface area contributed by atoms with Crippen molar-refractivity contribution < 1.29 is 14.5 Å². The van der Waals surface area contributed by atoms with Crippen LogP contribution in [-0.2, 0) is 11.2 Å². The van der Waals surface area contributed by atoms with E-state index in [9.17, 15) is 9.59 Å². The van der Waals surface area contributed by atoms with E-state index in [2.05, 4.69) is 35.6 Å². The summed E-state index contributed by atoms with van der Waals surface area (Å²) in [6, 6.07) is 10.5. The third-order valence-electron chi connectivity index (χ3n) is 6.26. The number of nitrogens with zero attached hydrogens (tertiary/aromatic N) is 1. The zero-order chi connectivity index (χ0) is 17.4. The first-order valence-corrected chi connectivity index (χ1v) is 9.58. The molecule has 25 heavy (non-hydrogen) atoms. The molecule has 3 fully saturated rings. The van der Waals surface area contributed by atoms with Crippen molar-refractivity contribution >= 4 is 11.9 Å². The summed E-state index contributed by atoms with van der Waals surface area (Å²) >= 11 is 0. The molecular formula is C20H28N3O2+. The summed E-state index contributed by atoms with van der Waals surface area (Å²) in [7, 11) is 0. The Morgan fingerprint density at radius 3 is 2.44 bits per heavy atom. The van der Waals surface area contributed by atoms with Crippen molar-refractivity contribution in [3.63, 3.8) is 0 Å². The molecule has 3 aliphatic rings. The van der Waals surface area contributed by atoms with Gasteiger partial charge in [0, 0.05) is 0 Å². The normalized spacial score (nSPS) is 32.8. The van der Waals surface area contributed by atoms with Crippen LogP contribution in [0.2, 0.25) is 0 Å². The van der Waals surface area contributed by atoms with Gasteiger partial charge in [0.05, 0.1) is 13.1 Å². The molecule has 0 radical (unpaired) electrons. The van der Waals surface area contributed by atoms with Gasteiger partial charge in [-0.25, -0.2) is 9.69 Å². The van der Waals surface area contributed by atoms with E-state index < -0.39 is 5.54 Å². The molecule has 1 saturated carbocycles. The predicted octanol–water partition coefficient (Wildman–Crippen LogP) is 1.20. The van der Waals surface area contributed by atoms with Crippen molar-refractivity contribution in [3.8, 4) is 0 Å². The minimum atomic E-state index is -0.651. The number of piperidine rings is 1. The molecular weight excluding hydrogens is 314 g/mol. The zero-order valence-corrected chi connectivity index (χ0v) is 15.0. The van der Waals surface area contributed by atoms with Gasteiger partial charge in [-0.3, -0.25) is 4.79 Å². The van der Waals surface area contributed by atoms with Gasteiger partial charge in [0.25, 0.3) is 5.91 Å². The molecule has 3 amide bonds. The number of urea groups is 1. The maximum atomic E-state index is 12.7. The molecule has 5 heteroatoms. The summed E-state index contributed by atoms with van der Waals surface area (Å²) in [5, 5.41) is 2.95. The molecule has 0 spiro atoms. The van der Waals surface area contributed by atoms with Crippen LogP contribution in [0.5, 0.6) is 0 Å². The van der Waals surface area contributed by atoms with E-state index in [0.717, 1.165) is 45.2 Å². The number of benzene rings is 1. The molecule has 2 saturated heterocycles. The highest BCUT2D eigenvalue weighted by molar-refractivity contribution is 6.07. The molecule has 1 aliphatic carbocycles. The van der Waals surface area contributed by atoms with Crippen molar-refractivity contribution in [2.24, 2.45) is 11.8 Å². The van der Waals surface area contributed by atoms with Crippen molar-refractivity contribution in [2.75, 3.05) is 19.8 Å². The van der Waals surface area contributed by atoms with Gasteiger partial charge in [-0.2, -0.15) is 0 Å². The Bertz CT molecular complexity index is 650.